The Balaban J connectivity index is 1.65. The molecule has 5 rings (SSSR count). The van der Waals surface area contributed by atoms with E-state index in [9.17, 15) is 0 Å². The van der Waals surface area contributed by atoms with Gasteiger partial charge in [0.1, 0.15) is 6.54 Å². The van der Waals surface area contributed by atoms with Crippen LogP contribution in [0.2, 0.25) is 0 Å². The van der Waals surface area contributed by atoms with E-state index >= 15 is 0 Å². The van der Waals surface area contributed by atoms with Gasteiger partial charge < -0.3 is 4.90 Å². The monoisotopic (exact) mass is 403 g/mol. The second-order valence-electron chi connectivity index (χ2n) is 7.14. The van der Waals surface area contributed by atoms with E-state index < -0.39 is 0 Å². The van der Waals surface area contributed by atoms with Gasteiger partial charge in [-0.15, -0.1) is 11.3 Å². The highest BCUT2D eigenvalue weighted by atomic mass is 32.2. The number of pyridine rings is 1. The van der Waals surface area contributed by atoms with Gasteiger partial charge in [0.05, 0.1) is 10.7 Å². The topological polar surface area (TPSA) is 7.12 Å². The van der Waals surface area contributed by atoms with E-state index in [0.717, 1.165) is 13.1 Å². The minimum absolute atomic E-state index is 0.956. The Kier molecular flexibility index (Phi) is 4.41. The number of rotatable bonds is 3. The summed E-state index contributed by atoms with van der Waals surface area (Å²) in [6.45, 7) is 8.55. The van der Waals surface area contributed by atoms with Gasteiger partial charge in [0, 0.05) is 45.1 Å². The van der Waals surface area contributed by atoms with E-state index in [2.05, 4.69) is 90.2 Å². The first kappa shape index (κ1) is 17.8. The summed E-state index contributed by atoms with van der Waals surface area (Å²) >= 11 is 3.73. The van der Waals surface area contributed by atoms with Gasteiger partial charge in [-0.1, -0.05) is 23.4 Å². The third kappa shape index (κ3) is 2.75. The van der Waals surface area contributed by atoms with Crippen LogP contribution in [0.15, 0.2) is 63.8 Å². The van der Waals surface area contributed by atoms with Crippen molar-refractivity contribution in [1.82, 2.24) is 0 Å². The first-order chi connectivity index (χ1) is 13.7. The zero-order valence-electron chi connectivity index (χ0n) is 16.4. The van der Waals surface area contributed by atoms with E-state index in [1.165, 1.54) is 47.9 Å². The molecule has 0 atom stereocenters. The lowest BCUT2D eigenvalue weighted by atomic mass is 10.1. The lowest BCUT2D eigenvalue weighted by Gasteiger charge is -2.17. The van der Waals surface area contributed by atoms with Gasteiger partial charge in [-0.05, 0) is 56.5 Å². The molecule has 0 fully saturated rings. The maximum absolute atomic E-state index is 2.44. The smallest absolute Gasteiger partial charge is 0.212 e. The van der Waals surface area contributed by atoms with Crippen molar-refractivity contribution in [3.05, 3.63) is 70.2 Å². The summed E-state index contributed by atoms with van der Waals surface area (Å²) in [6, 6.07) is 18.0. The number of aryl methyl sites for hydroxylation is 2. The zero-order valence-corrected chi connectivity index (χ0v) is 18.0. The largest absolute Gasteiger partial charge is 0.335 e. The fourth-order valence-electron chi connectivity index (χ4n) is 4.10. The summed E-state index contributed by atoms with van der Waals surface area (Å²) < 4.78 is 3.78. The van der Waals surface area contributed by atoms with Crippen molar-refractivity contribution in [2.45, 2.75) is 32.2 Å². The second kappa shape index (κ2) is 6.94. The molecule has 4 aromatic rings. The highest BCUT2D eigenvalue weighted by Gasteiger charge is 2.27. The van der Waals surface area contributed by atoms with Crippen molar-refractivity contribution >= 4 is 55.9 Å². The van der Waals surface area contributed by atoms with E-state index in [0.29, 0.717) is 0 Å². The van der Waals surface area contributed by atoms with Crippen LogP contribution in [0.3, 0.4) is 0 Å². The molecule has 1 aliphatic heterocycles. The summed E-state index contributed by atoms with van der Waals surface area (Å²) in [5.41, 5.74) is 5.20. The molecule has 28 heavy (non-hydrogen) atoms. The van der Waals surface area contributed by atoms with Crippen LogP contribution in [0.4, 0.5) is 5.69 Å². The molecule has 0 amide bonds. The predicted octanol–water partition coefficient (Wildman–Crippen LogP) is 6.60. The fraction of sp³-hybridized carbons (Fsp3) is 0.208. The lowest BCUT2D eigenvalue weighted by Crippen LogP contribution is -2.37. The molecule has 140 valence electrons. The molecule has 0 saturated heterocycles. The molecule has 0 unspecified atom stereocenters. The molecular weight excluding hydrogens is 380 g/mol. The van der Waals surface area contributed by atoms with Crippen LogP contribution in [0.25, 0.3) is 27.1 Å². The summed E-state index contributed by atoms with van der Waals surface area (Å²) in [4.78, 5) is 3.84. The maximum atomic E-state index is 2.44. The van der Waals surface area contributed by atoms with Crippen LogP contribution in [-0.4, -0.2) is 6.54 Å². The van der Waals surface area contributed by atoms with E-state index in [1.54, 1.807) is 0 Å². The molecule has 0 spiro atoms. The van der Waals surface area contributed by atoms with Crippen molar-refractivity contribution in [2.24, 2.45) is 0 Å². The molecule has 0 saturated carbocycles. The highest BCUT2D eigenvalue weighted by Crippen LogP contribution is 2.50. The number of nitrogens with zero attached hydrogens (tertiary/aromatic N) is 2. The highest BCUT2D eigenvalue weighted by molar-refractivity contribution is 8.04. The van der Waals surface area contributed by atoms with Crippen molar-refractivity contribution in [2.75, 3.05) is 11.4 Å². The third-order valence-corrected chi connectivity index (χ3v) is 7.51. The van der Waals surface area contributed by atoms with Gasteiger partial charge in [-0.25, -0.2) is 0 Å². The number of hydrogen-bond acceptors (Lipinski definition) is 3. The molecule has 2 aromatic heterocycles. The van der Waals surface area contributed by atoms with Gasteiger partial charge in [-0.2, -0.15) is 4.57 Å². The number of hydrogen-bond donors (Lipinski definition) is 0. The number of thiophene rings is 1. The normalized spacial score (nSPS) is 15.1. The summed E-state index contributed by atoms with van der Waals surface area (Å²) in [6.07, 6.45) is 2.36. The summed E-state index contributed by atoms with van der Waals surface area (Å²) in [5, 5.41) is 6.19. The van der Waals surface area contributed by atoms with Crippen LogP contribution in [0, 0.1) is 6.92 Å². The van der Waals surface area contributed by atoms with Crippen LogP contribution >= 0.6 is 23.1 Å². The van der Waals surface area contributed by atoms with E-state index in [4.69, 9.17) is 0 Å². The zero-order chi connectivity index (χ0) is 19.3. The minimum atomic E-state index is 0.956. The number of aromatic nitrogens is 1. The van der Waals surface area contributed by atoms with Crippen molar-refractivity contribution in [1.29, 1.82) is 0 Å². The Labute approximate surface area is 174 Å². The molecule has 0 bridgehead atoms. The molecule has 2 nitrogen and oxygen atoms in total. The minimum Gasteiger partial charge on any atom is -0.335 e. The number of benzene rings is 2. The molecular formula is C24H23N2S2+. The van der Waals surface area contributed by atoms with Gasteiger partial charge in [0.25, 0.3) is 0 Å². The predicted molar refractivity (Wildman–Crippen MR) is 123 cm³/mol. The van der Waals surface area contributed by atoms with E-state index in [1.807, 2.05) is 23.1 Å². The average molecular weight is 404 g/mol. The fourth-order valence-corrected chi connectivity index (χ4v) is 6.26. The van der Waals surface area contributed by atoms with Crippen LogP contribution in [-0.2, 0) is 6.54 Å². The molecule has 3 heterocycles. The molecule has 0 radical (unpaired) electrons. The van der Waals surface area contributed by atoms with Crippen molar-refractivity contribution in [3.8, 4) is 0 Å². The summed E-state index contributed by atoms with van der Waals surface area (Å²) in [7, 11) is 0. The van der Waals surface area contributed by atoms with Gasteiger partial charge in [0.15, 0.2) is 0 Å². The quantitative estimate of drug-likeness (QED) is 0.356. The Morgan fingerprint density at radius 2 is 1.93 bits per heavy atom. The van der Waals surface area contributed by atoms with Gasteiger partial charge in [0.2, 0.25) is 11.2 Å². The first-order valence-corrected chi connectivity index (χ1v) is 11.5. The molecule has 0 aliphatic carbocycles. The second-order valence-corrected chi connectivity index (χ2v) is 9.12. The van der Waals surface area contributed by atoms with Gasteiger partial charge >= 0.3 is 0 Å². The van der Waals surface area contributed by atoms with Crippen molar-refractivity contribution < 1.29 is 4.57 Å². The summed E-state index contributed by atoms with van der Waals surface area (Å²) in [5.74, 6) is 0. The Morgan fingerprint density at radius 3 is 2.75 bits per heavy atom. The van der Waals surface area contributed by atoms with Crippen LogP contribution in [0.1, 0.15) is 25.1 Å². The lowest BCUT2D eigenvalue weighted by molar-refractivity contribution is -0.669. The van der Waals surface area contributed by atoms with E-state index in [-0.39, 0.29) is 0 Å². The SMILES string of the molecule is CCN1C(=Cc2ccc3cc(C)ccc3[n+]2CC)Sc2c1ccc1sccc21. The molecule has 2 aromatic carbocycles. The van der Waals surface area contributed by atoms with Crippen LogP contribution < -0.4 is 9.47 Å². The first-order valence-electron chi connectivity index (χ1n) is 9.80. The molecule has 0 N–H and O–H groups in total. The Hall–Kier alpha value is -2.30. The number of anilines is 1. The van der Waals surface area contributed by atoms with Crippen LogP contribution in [0.5, 0.6) is 0 Å². The number of thioether (sulfide) groups is 1. The van der Waals surface area contributed by atoms with Crippen molar-refractivity contribution in [3.63, 3.8) is 0 Å². The maximum Gasteiger partial charge on any atom is 0.212 e. The third-order valence-electron chi connectivity index (χ3n) is 5.45. The standard InChI is InChI=1S/C24H23N2S2/c1-4-25-18(8-7-17-14-16(3)6-9-20(17)25)15-23-26(5-2)21-10-11-22-19(12-13-27-22)24(21)28-23/h6-15H,4-5H2,1-3H3/q+1. The average Bonchev–Trinajstić information content (AvgIpc) is 3.31. The Morgan fingerprint density at radius 1 is 1.04 bits per heavy atom. The number of fused-ring (bicyclic) bond motifs is 4. The molecule has 4 heteroatoms. The van der Waals surface area contributed by atoms with Gasteiger partial charge in [-0.3, -0.25) is 0 Å². The Bertz CT molecular complexity index is 1240. The molecule has 1 aliphatic rings.